The van der Waals surface area contributed by atoms with E-state index >= 15 is 0 Å². The molecule has 104 valence electrons. The number of ether oxygens (including phenoxy) is 1. The van der Waals surface area contributed by atoms with Crippen molar-refractivity contribution >= 4 is 11.7 Å². The van der Waals surface area contributed by atoms with E-state index in [1.807, 2.05) is 61.5 Å². The normalized spacial score (nSPS) is 10.1. The monoisotopic (exact) mass is 271 g/mol. The Morgan fingerprint density at radius 1 is 1.05 bits per heavy atom. The second-order valence-corrected chi connectivity index (χ2v) is 4.32. The average molecular weight is 271 g/mol. The minimum absolute atomic E-state index is 0.00457. The van der Waals surface area contributed by atoms with Crippen LogP contribution in [0.25, 0.3) is 0 Å². The van der Waals surface area contributed by atoms with Gasteiger partial charge >= 0.3 is 5.97 Å². The number of hydrogen-bond donors (Lipinski definition) is 1. The predicted octanol–water partition coefficient (Wildman–Crippen LogP) is 3.39. The van der Waals surface area contributed by atoms with Gasteiger partial charge < -0.3 is 14.7 Å². The van der Waals surface area contributed by atoms with Crippen LogP contribution in [0.3, 0.4) is 0 Å². The SMILES string of the molecule is CCN(CC(=O)O)c1ccc(Oc2ccccc2)cc1. The molecule has 0 heterocycles. The number of likely N-dealkylation sites (N-methyl/N-ethyl adjacent to an activating group) is 1. The van der Waals surface area contributed by atoms with Gasteiger partial charge in [0.15, 0.2) is 0 Å². The van der Waals surface area contributed by atoms with Crippen molar-refractivity contribution in [1.82, 2.24) is 0 Å². The van der Waals surface area contributed by atoms with Crippen LogP contribution in [0.15, 0.2) is 54.6 Å². The van der Waals surface area contributed by atoms with Gasteiger partial charge in [0, 0.05) is 12.2 Å². The maximum Gasteiger partial charge on any atom is 0.323 e. The third-order valence-corrected chi connectivity index (χ3v) is 2.89. The van der Waals surface area contributed by atoms with Gasteiger partial charge in [-0.15, -0.1) is 0 Å². The second kappa shape index (κ2) is 6.61. The first kappa shape index (κ1) is 13.9. The van der Waals surface area contributed by atoms with Gasteiger partial charge in [0.1, 0.15) is 18.0 Å². The summed E-state index contributed by atoms with van der Waals surface area (Å²) >= 11 is 0. The fourth-order valence-electron chi connectivity index (χ4n) is 1.90. The van der Waals surface area contributed by atoms with E-state index in [2.05, 4.69) is 0 Å². The van der Waals surface area contributed by atoms with E-state index in [1.54, 1.807) is 4.90 Å². The molecule has 0 aliphatic rings. The van der Waals surface area contributed by atoms with Gasteiger partial charge in [-0.3, -0.25) is 4.79 Å². The van der Waals surface area contributed by atoms with Crippen LogP contribution in [-0.2, 0) is 4.79 Å². The van der Waals surface area contributed by atoms with Crippen LogP contribution in [0.5, 0.6) is 11.5 Å². The summed E-state index contributed by atoms with van der Waals surface area (Å²) in [4.78, 5) is 12.6. The van der Waals surface area contributed by atoms with Gasteiger partial charge in [0.25, 0.3) is 0 Å². The van der Waals surface area contributed by atoms with E-state index in [-0.39, 0.29) is 6.54 Å². The van der Waals surface area contributed by atoms with Crippen LogP contribution in [0.2, 0.25) is 0 Å². The van der Waals surface area contributed by atoms with Crippen LogP contribution in [0, 0.1) is 0 Å². The summed E-state index contributed by atoms with van der Waals surface area (Å²) in [5, 5.41) is 8.86. The van der Waals surface area contributed by atoms with E-state index in [4.69, 9.17) is 9.84 Å². The molecule has 4 heteroatoms. The van der Waals surface area contributed by atoms with Crippen molar-refractivity contribution in [1.29, 1.82) is 0 Å². The summed E-state index contributed by atoms with van der Waals surface area (Å²) in [6.45, 7) is 2.57. The van der Waals surface area contributed by atoms with Gasteiger partial charge in [-0.05, 0) is 43.3 Å². The first-order valence-electron chi connectivity index (χ1n) is 6.48. The van der Waals surface area contributed by atoms with Crippen molar-refractivity contribution < 1.29 is 14.6 Å². The topological polar surface area (TPSA) is 49.8 Å². The zero-order chi connectivity index (χ0) is 14.4. The number of anilines is 1. The smallest absolute Gasteiger partial charge is 0.323 e. The van der Waals surface area contributed by atoms with Crippen LogP contribution in [-0.4, -0.2) is 24.2 Å². The molecule has 0 aromatic heterocycles. The lowest BCUT2D eigenvalue weighted by Crippen LogP contribution is -2.29. The number of hydrogen-bond acceptors (Lipinski definition) is 3. The molecule has 1 N–H and O–H groups in total. The second-order valence-electron chi connectivity index (χ2n) is 4.32. The van der Waals surface area contributed by atoms with E-state index < -0.39 is 5.97 Å². The quantitative estimate of drug-likeness (QED) is 0.875. The summed E-state index contributed by atoms with van der Waals surface area (Å²) < 4.78 is 5.69. The summed E-state index contributed by atoms with van der Waals surface area (Å²) in [6, 6.07) is 16.9. The number of aliphatic carboxylic acids is 1. The van der Waals surface area contributed by atoms with Crippen LogP contribution < -0.4 is 9.64 Å². The Morgan fingerprint density at radius 2 is 1.65 bits per heavy atom. The first-order valence-corrected chi connectivity index (χ1v) is 6.48. The largest absolute Gasteiger partial charge is 0.480 e. The Labute approximate surface area is 118 Å². The van der Waals surface area contributed by atoms with Crippen LogP contribution in [0.1, 0.15) is 6.92 Å². The number of nitrogens with zero attached hydrogens (tertiary/aromatic N) is 1. The molecule has 4 nitrogen and oxygen atoms in total. The molecular weight excluding hydrogens is 254 g/mol. The molecule has 20 heavy (non-hydrogen) atoms. The molecule has 0 bridgehead atoms. The number of benzene rings is 2. The Bertz CT molecular complexity index is 552. The third kappa shape index (κ3) is 3.75. The highest BCUT2D eigenvalue weighted by Crippen LogP contribution is 2.24. The number of carboxylic acid groups (broad SMARTS) is 1. The molecule has 0 aliphatic carbocycles. The maximum absolute atomic E-state index is 10.8. The van der Waals surface area contributed by atoms with Crippen molar-refractivity contribution in [2.45, 2.75) is 6.92 Å². The minimum atomic E-state index is -0.837. The van der Waals surface area contributed by atoms with E-state index in [0.29, 0.717) is 6.54 Å². The summed E-state index contributed by atoms with van der Waals surface area (Å²) in [5.41, 5.74) is 0.871. The molecule has 2 rings (SSSR count). The highest BCUT2D eigenvalue weighted by atomic mass is 16.5. The average Bonchev–Trinajstić information content (AvgIpc) is 2.46. The molecule has 0 fully saturated rings. The number of carboxylic acids is 1. The Morgan fingerprint density at radius 3 is 2.20 bits per heavy atom. The standard InChI is InChI=1S/C16H17NO3/c1-2-17(12-16(18)19)13-8-10-15(11-9-13)20-14-6-4-3-5-7-14/h3-11H,2,12H2,1H3,(H,18,19). The van der Waals surface area contributed by atoms with Gasteiger partial charge in [0.05, 0.1) is 0 Å². The number of carbonyl (C=O) groups is 1. The highest BCUT2D eigenvalue weighted by Gasteiger charge is 2.08. The van der Waals surface area contributed by atoms with Crippen molar-refractivity contribution in [3.8, 4) is 11.5 Å². The van der Waals surface area contributed by atoms with E-state index in [0.717, 1.165) is 17.2 Å². The molecule has 0 atom stereocenters. The van der Waals surface area contributed by atoms with E-state index in [1.165, 1.54) is 0 Å². The summed E-state index contributed by atoms with van der Waals surface area (Å²) in [6.07, 6.45) is 0. The van der Waals surface area contributed by atoms with Gasteiger partial charge in [-0.1, -0.05) is 18.2 Å². The van der Waals surface area contributed by atoms with Gasteiger partial charge in [0.2, 0.25) is 0 Å². The summed E-state index contributed by atoms with van der Waals surface area (Å²) in [5.74, 6) is 0.668. The molecule has 0 unspecified atom stereocenters. The Balaban J connectivity index is 2.07. The van der Waals surface area contributed by atoms with Crippen LogP contribution >= 0.6 is 0 Å². The van der Waals surface area contributed by atoms with Gasteiger partial charge in [-0.2, -0.15) is 0 Å². The molecule has 0 spiro atoms. The third-order valence-electron chi connectivity index (χ3n) is 2.89. The van der Waals surface area contributed by atoms with Gasteiger partial charge in [-0.25, -0.2) is 0 Å². The number of para-hydroxylation sites is 1. The lowest BCUT2D eigenvalue weighted by Gasteiger charge is -2.20. The lowest BCUT2D eigenvalue weighted by atomic mass is 10.2. The molecule has 0 aliphatic heterocycles. The zero-order valence-electron chi connectivity index (χ0n) is 11.3. The van der Waals surface area contributed by atoms with E-state index in [9.17, 15) is 4.79 Å². The fraction of sp³-hybridized carbons (Fsp3) is 0.188. The molecular formula is C16H17NO3. The predicted molar refractivity (Wildman–Crippen MR) is 78.5 cm³/mol. The van der Waals surface area contributed by atoms with Crippen molar-refractivity contribution in [2.24, 2.45) is 0 Å². The molecule has 0 radical (unpaired) electrons. The van der Waals surface area contributed by atoms with Crippen LogP contribution in [0.4, 0.5) is 5.69 Å². The first-order chi connectivity index (χ1) is 9.69. The molecule has 0 saturated carbocycles. The molecule has 0 amide bonds. The minimum Gasteiger partial charge on any atom is -0.480 e. The molecule has 0 saturated heterocycles. The Hall–Kier alpha value is -2.49. The van der Waals surface area contributed by atoms with Crippen molar-refractivity contribution in [3.63, 3.8) is 0 Å². The Kier molecular flexibility index (Phi) is 4.60. The van der Waals surface area contributed by atoms with Crippen molar-refractivity contribution in [2.75, 3.05) is 18.0 Å². The maximum atomic E-state index is 10.8. The zero-order valence-corrected chi connectivity index (χ0v) is 11.3. The highest BCUT2D eigenvalue weighted by molar-refractivity contribution is 5.73. The fourth-order valence-corrected chi connectivity index (χ4v) is 1.90. The number of rotatable bonds is 6. The van der Waals surface area contributed by atoms with Crippen molar-refractivity contribution in [3.05, 3.63) is 54.6 Å². The molecule has 2 aromatic carbocycles. The molecule has 2 aromatic rings. The lowest BCUT2D eigenvalue weighted by molar-refractivity contribution is -0.135. The summed E-state index contributed by atoms with van der Waals surface area (Å²) in [7, 11) is 0.